The molecule has 1 aliphatic rings. The van der Waals surface area contributed by atoms with Crippen LogP contribution in [0, 0.1) is 0 Å². The first kappa shape index (κ1) is 18.7. The van der Waals surface area contributed by atoms with Crippen LogP contribution < -0.4 is 5.32 Å². The summed E-state index contributed by atoms with van der Waals surface area (Å²) >= 11 is 6.14. The zero-order valence-corrected chi connectivity index (χ0v) is 14.3. The molecule has 1 N–H and O–H groups in total. The molecule has 2 rings (SSSR count). The summed E-state index contributed by atoms with van der Waals surface area (Å²) in [6.45, 7) is 1.78. The van der Waals surface area contributed by atoms with E-state index in [1.54, 1.807) is 19.0 Å². The van der Waals surface area contributed by atoms with Crippen molar-refractivity contribution in [1.29, 1.82) is 0 Å². The molecule has 0 aliphatic carbocycles. The van der Waals surface area contributed by atoms with Crippen molar-refractivity contribution in [2.75, 3.05) is 27.2 Å². The topological polar surface area (TPSA) is 52.7 Å². The van der Waals surface area contributed by atoms with Crippen LogP contribution in [0.4, 0.5) is 0 Å². The van der Waals surface area contributed by atoms with Crippen molar-refractivity contribution in [3.05, 3.63) is 34.9 Å². The summed E-state index contributed by atoms with van der Waals surface area (Å²) < 4.78 is 0. The molecule has 0 aromatic heterocycles. The molecule has 0 radical (unpaired) electrons. The van der Waals surface area contributed by atoms with Crippen LogP contribution in [0.3, 0.4) is 0 Å². The van der Waals surface area contributed by atoms with Gasteiger partial charge >= 0.3 is 0 Å². The number of hydrogen-bond acceptors (Lipinski definition) is 3. The van der Waals surface area contributed by atoms with Gasteiger partial charge in [0.2, 0.25) is 11.8 Å². The average Bonchev–Trinajstić information content (AvgIpc) is 2.45. The molecule has 5 nitrogen and oxygen atoms in total. The number of hydrogen-bond donors (Lipinski definition) is 1. The number of halogens is 2. The van der Waals surface area contributed by atoms with Gasteiger partial charge in [-0.25, -0.2) is 0 Å². The number of nitrogens with zero attached hydrogens (tertiary/aromatic N) is 2. The zero-order valence-electron chi connectivity index (χ0n) is 12.7. The van der Waals surface area contributed by atoms with Crippen molar-refractivity contribution in [2.24, 2.45) is 0 Å². The third-order valence-electron chi connectivity index (χ3n) is 3.58. The fourth-order valence-corrected chi connectivity index (χ4v) is 2.49. The zero-order chi connectivity index (χ0) is 15.4. The Morgan fingerprint density at radius 1 is 1.41 bits per heavy atom. The highest BCUT2D eigenvalue weighted by molar-refractivity contribution is 6.31. The summed E-state index contributed by atoms with van der Waals surface area (Å²) in [4.78, 5) is 27.5. The Labute approximate surface area is 142 Å². The molecule has 2 amide bonds. The molecular weight excluding hydrogens is 325 g/mol. The molecule has 122 valence electrons. The molecule has 1 fully saturated rings. The number of carbonyl (C=O) groups excluding carboxylic acids is 2. The van der Waals surface area contributed by atoms with E-state index in [1.165, 1.54) is 4.90 Å². The molecule has 1 saturated heterocycles. The second-order valence-corrected chi connectivity index (χ2v) is 5.76. The summed E-state index contributed by atoms with van der Waals surface area (Å²) in [7, 11) is 3.38. The van der Waals surface area contributed by atoms with Crippen LogP contribution in [0.15, 0.2) is 24.3 Å². The monoisotopic (exact) mass is 345 g/mol. The molecule has 0 spiro atoms. The van der Waals surface area contributed by atoms with Crippen molar-refractivity contribution in [1.82, 2.24) is 15.1 Å². The number of rotatable bonds is 4. The van der Waals surface area contributed by atoms with Crippen LogP contribution in [-0.4, -0.2) is 54.8 Å². The van der Waals surface area contributed by atoms with Crippen molar-refractivity contribution in [3.8, 4) is 0 Å². The van der Waals surface area contributed by atoms with E-state index in [0.29, 0.717) is 24.7 Å². The molecule has 1 unspecified atom stereocenters. The Balaban J connectivity index is 0.00000242. The fraction of sp³-hybridized carbons (Fsp3) is 0.467. The van der Waals surface area contributed by atoms with E-state index in [2.05, 4.69) is 5.32 Å². The van der Waals surface area contributed by atoms with Crippen molar-refractivity contribution < 1.29 is 9.59 Å². The fourth-order valence-electron chi connectivity index (χ4n) is 2.30. The number of piperazine rings is 1. The molecule has 1 aromatic rings. The minimum absolute atomic E-state index is 0. The standard InChI is InChI=1S/C15H20ClN3O2.ClH/c1-18(2)14(20)9-13-15(21)19(8-7-17-13)10-11-5-3-4-6-12(11)16;/h3-6,13,17H,7-10H2,1-2H3;1H. The average molecular weight is 346 g/mol. The highest BCUT2D eigenvalue weighted by Gasteiger charge is 2.30. The van der Waals surface area contributed by atoms with Gasteiger partial charge in [-0.1, -0.05) is 29.8 Å². The quantitative estimate of drug-likeness (QED) is 0.900. The molecule has 22 heavy (non-hydrogen) atoms. The summed E-state index contributed by atoms with van der Waals surface area (Å²) in [5.74, 6) is -0.100. The molecule has 1 heterocycles. The summed E-state index contributed by atoms with van der Waals surface area (Å²) in [6, 6.07) is 7.05. The molecule has 1 aliphatic heterocycles. The van der Waals surface area contributed by atoms with E-state index < -0.39 is 6.04 Å². The maximum Gasteiger partial charge on any atom is 0.240 e. The smallest absolute Gasteiger partial charge is 0.240 e. The Hall–Kier alpha value is -1.30. The van der Waals surface area contributed by atoms with Gasteiger partial charge < -0.3 is 15.1 Å². The normalized spacial score (nSPS) is 17.9. The first-order valence-corrected chi connectivity index (χ1v) is 7.32. The third kappa shape index (κ3) is 4.60. The van der Waals surface area contributed by atoms with Crippen molar-refractivity contribution >= 4 is 35.8 Å². The minimum atomic E-state index is -0.448. The maximum absolute atomic E-state index is 12.4. The van der Waals surface area contributed by atoms with E-state index in [0.717, 1.165) is 5.56 Å². The van der Waals surface area contributed by atoms with Gasteiger partial charge in [0.05, 0.1) is 12.5 Å². The molecular formula is C15H21Cl2N3O2. The van der Waals surface area contributed by atoms with Gasteiger partial charge in [-0.15, -0.1) is 12.4 Å². The molecule has 1 aromatic carbocycles. The SMILES string of the molecule is CN(C)C(=O)CC1NCCN(Cc2ccccc2Cl)C1=O.Cl. The van der Waals surface area contributed by atoms with Crippen LogP contribution >= 0.6 is 24.0 Å². The van der Waals surface area contributed by atoms with Gasteiger partial charge in [-0.2, -0.15) is 0 Å². The van der Waals surface area contributed by atoms with Crippen molar-refractivity contribution in [3.63, 3.8) is 0 Å². The molecule has 7 heteroatoms. The predicted octanol–water partition coefficient (Wildman–Crippen LogP) is 1.54. The van der Waals surface area contributed by atoms with Crippen LogP contribution in [0.25, 0.3) is 0 Å². The lowest BCUT2D eigenvalue weighted by Gasteiger charge is -2.33. The van der Waals surface area contributed by atoms with E-state index in [1.807, 2.05) is 24.3 Å². The van der Waals surface area contributed by atoms with Gasteiger partial charge in [0.15, 0.2) is 0 Å². The van der Waals surface area contributed by atoms with Crippen LogP contribution in [0.5, 0.6) is 0 Å². The van der Waals surface area contributed by atoms with E-state index >= 15 is 0 Å². The first-order valence-electron chi connectivity index (χ1n) is 6.94. The lowest BCUT2D eigenvalue weighted by atomic mass is 10.1. The summed E-state index contributed by atoms with van der Waals surface area (Å²) in [6.07, 6.45) is 0.185. The van der Waals surface area contributed by atoms with Gasteiger partial charge in [0.1, 0.15) is 0 Å². The second-order valence-electron chi connectivity index (χ2n) is 5.35. The first-order chi connectivity index (χ1) is 9.99. The van der Waals surface area contributed by atoms with Crippen LogP contribution in [0.1, 0.15) is 12.0 Å². The van der Waals surface area contributed by atoms with Crippen LogP contribution in [-0.2, 0) is 16.1 Å². The van der Waals surface area contributed by atoms with E-state index in [9.17, 15) is 9.59 Å². The second kappa shape index (κ2) is 8.36. The Bertz CT molecular complexity index is 537. The predicted molar refractivity (Wildman–Crippen MR) is 89.2 cm³/mol. The number of carbonyl (C=O) groups is 2. The number of benzene rings is 1. The highest BCUT2D eigenvalue weighted by Crippen LogP contribution is 2.18. The molecule has 0 bridgehead atoms. The lowest BCUT2D eigenvalue weighted by Crippen LogP contribution is -2.55. The van der Waals surface area contributed by atoms with Gasteiger partial charge in [-0.05, 0) is 11.6 Å². The third-order valence-corrected chi connectivity index (χ3v) is 3.95. The Morgan fingerprint density at radius 3 is 2.73 bits per heavy atom. The Morgan fingerprint density at radius 2 is 2.09 bits per heavy atom. The largest absolute Gasteiger partial charge is 0.349 e. The van der Waals surface area contributed by atoms with Crippen molar-refractivity contribution in [2.45, 2.75) is 19.0 Å². The highest BCUT2D eigenvalue weighted by atomic mass is 35.5. The Kier molecular flexibility index (Phi) is 7.13. The van der Waals surface area contributed by atoms with Gasteiger partial charge in [0, 0.05) is 38.8 Å². The van der Waals surface area contributed by atoms with Gasteiger partial charge in [-0.3, -0.25) is 9.59 Å². The van der Waals surface area contributed by atoms with Gasteiger partial charge in [0.25, 0.3) is 0 Å². The minimum Gasteiger partial charge on any atom is -0.349 e. The van der Waals surface area contributed by atoms with Crippen LogP contribution in [0.2, 0.25) is 5.02 Å². The van der Waals surface area contributed by atoms with E-state index in [-0.39, 0.29) is 30.6 Å². The summed E-state index contributed by atoms with van der Waals surface area (Å²) in [5.41, 5.74) is 0.923. The lowest BCUT2D eigenvalue weighted by molar-refractivity contribution is -0.140. The maximum atomic E-state index is 12.4. The molecule has 1 atom stereocenters. The summed E-state index contributed by atoms with van der Waals surface area (Å²) in [5, 5.41) is 3.77. The molecule has 0 saturated carbocycles. The number of amides is 2. The number of nitrogens with one attached hydrogen (secondary N) is 1. The van der Waals surface area contributed by atoms with E-state index in [4.69, 9.17) is 11.6 Å².